The third-order valence-corrected chi connectivity index (χ3v) is 6.29. The van der Waals surface area contributed by atoms with Gasteiger partial charge in [-0.25, -0.2) is 9.78 Å². The Hall–Kier alpha value is -3.74. The van der Waals surface area contributed by atoms with Gasteiger partial charge in [-0.1, -0.05) is 6.07 Å². The molecule has 1 fully saturated rings. The number of hydrogen-bond donors (Lipinski definition) is 1. The summed E-state index contributed by atoms with van der Waals surface area (Å²) in [6.07, 6.45) is -1.57. The molecule has 0 saturated carbocycles. The number of thiocarbonyl (C=S) groups is 1. The van der Waals surface area contributed by atoms with Crippen molar-refractivity contribution in [2.75, 3.05) is 43.0 Å². The van der Waals surface area contributed by atoms with E-state index < -0.39 is 23.1 Å². The molecule has 0 unspecified atom stereocenters. The number of benzene rings is 1. The highest BCUT2D eigenvalue weighted by molar-refractivity contribution is 7.80. The van der Waals surface area contributed by atoms with E-state index in [1.807, 2.05) is 16.7 Å². The standard InChI is InChI=1S/C24H25F3N6O3S/c1-3-31-14-18(21(35)36-4-2)19(34)17-13-28-22(30-20(17)31)32-8-10-33(11-9-32)23(37)29-16-7-5-6-15(12-16)24(25,26)27/h5-7,12-14H,3-4,8-11H2,1-2H3,(H,29,37). The lowest BCUT2D eigenvalue weighted by atomic mass is 10.2. The number of anilines is 2. The molecule has 2 aromatic heterocycles. The summed E-state index contributed by atoms with van der Waals surface area (Å²) in [5, 5.41) is 3.43. The van der Waals surface area contributed by atoms with Gasteiger partial charge < -0.3 is 24.4 Å². The Morgan fingerprint density at radius 1 is 1.19 bits per heavy atom. The average Bonchev–Trinajstić information content (AvgIpc) is 2.88. The minimum atomic E-state index is -4.44. The van der Waals surface area contributed by atoms with Crippen molar-refractivity contribution in [3.63, 3.8) is 0 Å². The minimum absolute atomic E-state index is 0.0667. The van der Waals surface area contributed by atoms with Crippen LogP contribution in [0.5, 0.6) is 0 Å². The number of piperazine rings is 1. The monoisotopic (exact) mass is 534 g/mol. The third kappa shape index (κ3) is 5.66. The maximum absolute atomic E-state index is 13.0. The molecule has 37 heavy (non-hydrogen) atoms. The second kappa shape index (κ2) is 10.7. The van der Waals surface area contributed by atoms with Crippen molar-refractivity contribution in [3.8, 4) is 0 Å². The number of esters is 1. The normalized spacial score (nSPS) is 14.1. The summed E-state index contributed by atoms with van der Waals surface area (Å²) in [4.78, 5) is 37.8. The highest BCUT2D eigenvalue weighted by Gasteiger charge is 2.30. The number of alkyl halides is 3. The van der Waals surface area contributed by atoms with Crippen LogP contribution in [0.2, 0.25) is 0 Å². The molecule has 0 bridgehead atoms. The van der Waals surface area contributed by atoms with Gasteiger partial charge in [-0.15, -0.1) is 0 Å². The molecule has 0 radical (unpaired) electrons. The van der Waals surface area contributed by atoms with Crippen molar-refractivity contribution in [2.24, 2.45) is 0 Å². The summed E-state index contributed by atoms with van der Waals surface area (Å²) >= 11 is 5.42. The molecule has 9 nitrogen and oxygen atoms in total. The van der Waals surface area contributed by atoms with E-state index in [1.165, 1.54) is 24.5 Å². The molecular weight excluding hydrogens is 509 g/mol. The van der Waals surface area contributed by atoms with Crippen molar-refractivity contribution >= 4 is 46.0 Å². The van der Waals surface area contributed by atoms with Crippen LogP contribution < -0.4 is 15.6 Å². The number of aryl methyl sites for hydroxylation is 1. The number of hydrogen-bond acceptors (Lipinski definition) is 7. The van der Waals surface area contributed by atoms with Crippen LogP contribution >= 0.6 is 12.2 Å². The summed E-state index contributed by atoms with van der Waals surface area (Å²) < 4.78 is 45.7. The van der Waals surface area contributed by atoms with E-state index >= 15 is 0 Å². The average molecular weight is 535 g/mol. The van der Waals surface area contributed by atoms with E-state index in [-0.39, 0.29) is 23.2 Å². The van der Waals surface area contributed by atoms with Gasteiger partial charge in [-0.05, 0) is 44.3 Å². The number of nitrogens with one attached hydrogen (secondary N) is 1. The highest BCUT2D eigenvalue weighted by atomic mass is 32.1. The predicted octanol–water partition coefficient (Wildman–Crippen LogP) is 3.53. The first-order chi connectivity index (χ1) is 17.6. The topological polar surface area (TPSA) is 92.6 Å². The first-order valence-corrected chi connectivity index (χ1v) is 12.1. The number of halogens is 3. The number of rotatable bonds is 5. The highest BCUT2D eigenvalue weighted by Crippen LogP contribution is 2.30. The first-order valence-electron chi connectivity index (χ1n) is 11.7. The lowest BCUT2D eigenvalue weighted by molar-refractivity contribution is -0.137. The number of ether oxygens (including phenoxy) is 1. The second-order valence-electron chi connectivity index (χ2n) is 8.27. The number of nitrogens with zero attached hydrogens (tertiary/aromatic N) is 5. The van der Waals surface area contributed by atoms with E-state index in [0.717, 1.165) is 12.1 Å². The van der Waals surface area contributed by atoms with Crippen molar-refractivity contribution in [3.05, 3.63) is 58.0 Å². The molecule has 0 aliphatic carbocycles. The van der Waals surface area contributed by atoms with Crippen molar-refractivity contribution in [1.82, 2.24) is 19.4 Å². The maximum atomic E-state index is 13.0. The van der Waals surface area contributed by atoms with Gasteiger partial charge in [0.15, 0.2) is 5.11 Å². The Labute approximate surface area is 215 Å². The first kappa shape index (κ1) is 26.3. The van der Waals surface area contributed by atoms with Gasteiger partial charge >= 0.3 is 12.1 Å². The van der Waals surface area contributed by atoms with E-state index in [4.69, 9.17) is 17.0 Å². The second-order valence-corrected chi connectivity index (χ2v) is 8.66. The molecule has 0 spiro atoms. The van der Waals surface area contributed by atoms with E-state index in [9.17, 15) is 22.8 Å². The van der Waals surface area contributed by atoms with Crippen LogP contribution in [0.3, 0.4) is 0 Å². The van der Waals surface area contributed by atoms with Gasteiger partial charge in [-0.3, -0.25) is 4.79 Å². The van der Waals surface area contributed by atoms with Crippen LogP contribution in [0.15, 0.2) is 41.5 Å². The van der Waals surface area contributed by atoms with Crippen LogP contribution in [-0.2, 0) is 17.5 Å². The van der Waals surface area contributed by atoms with Gasteiger partial charge in [0.05, 0.1) is 17.6 Å². The Kier molecular flexibility index (Phi) is 7.62. The summed E-state index contributed by atoms with van der Waals surface area (Å²) in [6, 6.07) is 4.88. The summed E-state index contributed by atoms with van der Waals surface area (Å²) in [5.74, 6) is -0.263. The molecule has 1 aliphatic heterocycles. The number of aromatic nitrogens is 3. The molecule has 0 amide bonds. The van der Waals surface area contributed by atoms with Gasteiger partial charge in [0.1, 0.15) is 11.2 Å². The third-order valence-electron chi connectivity index (χ3n) is 5.93. The maximum Gasteiger partial charge on any atom is 0.416 e. The number of carbonyl (C=O) groups excluding carboxylic acids is 1. The fourth-order valence-electron chi connectivity index (χ4n) is 4.00. The van der Waals surface area contributed by atoms with Gasteiger partial charge in [0, 0.05) is 50.8 Å². The van der Waals surface area contributed by atoms with Crippen LogP contribution in [0.1, 0.15) is 29.8 Å². The van der Waals surface area contributed by atoms with Crippen molar-refractivity contribution in [1.29, 1.82) is 0 Å². The molecule has 0 atom stereocenters. The summed E-state index contributed by atoms with van der Waals surface area (Å²) in [7, 11) is 0. The molecule has 1 saturated heterocycles. The largest absolute Gasteiger partial charge is 0.462 e. The molecule has 13 heteroatoms. The van der Waals surface area contributed by atoms with Crippen LogP contribution in [0.4, 0.5) is 24.8 Å². The molecule has 196 valence electrons. The van der Waals surface area contributed by atoms with Crippen molar-refractivity contribution < 1.29 is 22.7 Å². The van der Waals surface area contributed by atoms with E-state index in [2.05, 4.69) is 15.3 Å². The lowest BCUT2D eigenvalue weighted by Crippen LogP contribution is -2.50. The van der Waals surface area contributed by atoms with Crippen molar-refractivity contribution in [2.45, 2.75) is 26.6 Å². The zero-order chi connectivity index (χ0) is 26.7. The molecule has 1 aliphatic rings. The van der Waals surface area contributed by atoms with Gasteiger partial charge in [-0.2, -0.15) is 18.2 Å². The quantitative estimate of drug-likeness (QED) is 0.390. The number of fused-ring (bicyclic) bond motifs is 1. The number of pyridine rings is 1. The van der Waals surface area contributed by atoms with Gasteiger partial charge in [0.25, 0.3) is 0 Å². The zero-order valence-corrected chi connectivity index (χ0v) is 21.0. The molecule has 3 aromatic rings. The fourth-order valence-corrected chi connectivity index (χ4v) is 4.30. The molecule has 1 N–H and O–H groups in total. The molecular formula is C24H25F3N6O3S. The Bertz CT molecular complexity index is 1390. The van der Waals surface area contributed by atoms with Gasteiger partial charge in [0.2, 0.25) is 11.4 Å². The molecule has 3 heterocycles. The van der Waals surface area contributed by atoms with E-state index in [0.29, 0.717) is 49.4 Å². The number of carbonyl (C=O) groups is 1. The Morgan fingerprint density at radius 3 is 2.57 bits per heavy atom. The summed E-state index contributed by atoms with van der Waals surface area (Å²) in [5.41, 5.74) is -0.628. The zero-order valence-electron chi connectivity index (χ0n) is 20.2. The summed E-state index contributed by atoms with van der Waals surface area (Å²) in [6.45, 7) is 6.17. The van der Waals surface area contributed by atoms with Crippen LogP contribution in [0, 0.1) is 0 Å². The molecule has 1 aromatic carbocycles. The fraction of sp³-hybridized carbons (Fsp3) is 0.375. The Morgan fingerprint density at radius 2 is 1.92 bits per heavy atom. The SMILES string of the molecule is CCOC(=O)c1cn(CC)c2nc(N3CCN(C(=S)Nc4cccc(C(F)(F)F)c4)CC3)ncc2c1=O. The molecule has 4 rings (SSSR count). The van der Waals surface area contributed by atoms with Crippen LogP contribution in [0.25, 0.3) is 11.0 Å². The van der Waals surface area contributed by atoms with Crippen LogP contribution in [-0.4, -0.2) is 63.3 Å². The van der Waals surface area contributed by atoms with E-state index in [1.54, 1.807) is 11.5 Å². The minimum Gasteiger partial charge on any atom is -0.462 e. The predicted molar refractivity (Wildman–Crippen MR) is 137 cm³/mol. The smallest absolute Gasteiger partial charge is 0.416 e. The Balaban J connectivity index is 1.47. The lowest BCUT2D eigenvalue weighted by Gasteiger charge is -2.36.